The lowest BCUT2D eigenvalue weighted by Crippen LogP contribution is -2.50. The number of fused-ring (bicyclic) bond motifs is 1. The molecule has 5 nitrogen and oxygen atoms in total. The van der Waals surface area contributed by atoms with E-state index in [1.807, 2.05) is 46.7 Å². The van der Waals surface area contributed by atoms with Crippen LogP contribution in [0.3, 0.4) is 0 Å². The van der Waals surface area contributed by atoms with Crippen LogP contribution in [0.1, 0.15) is 28.1 Å². The van der Waals surface area contributed by atoms with E-state index in [0.29, 0.717) is 23.1 Å². The van der Waals surface area contributed by atoms with Crippen LogP contribution in [-0.2, 0) is 11.2 Å². The molecule has 1 aromatic heterocycles. The fourth-order valence-electron chi connectivity index (χ4n) is 4.35. The van der Waals surface area contributed by atoms with Crippen molar-refractivity contribution in [3.8, 4) is 0 Å². The van der Waals surface area contributed by atoms with Gasteiger partial charge in [-0.15, -0.1) is 11.3 Å². The van der Waals surface area contributed by atoms with Gasteiger partial charge in [-0.1, -0.05) is 36.4 Å². The highest BCUT2D eigenvalue weighted by atomic mass is 32.1. The highest BCUT2D eigenvalue weighted by Gasteiger charge is 2.34. The minimum absolute atomic E-state index is 0.0432. The molecule has 3 atom stereocenters. The minimum Gasteiger partial charge on any atom is -0.341 e. The Kier molecular flexibility index (Phi) is 6.07. The highest BCUT2D eigenvalue weighted by molar-refractivity contribution is 7.12. The van der Waals surface area contributed by atoms with Gasteiger partial charge in [0.2, 0.25) is 5.91 Å². The first-order chi connectivity index (χ1) is 13.7. The normalized spacial score (nSPS) is 22.9. The molecule has 0 spiro atoms. The first-order valence-corrected chi connectivity index (χ1v) is 11.0. The van der Waals surface area contributed by atoms with Gasteiger partial charge in [-0.3, -0.25) is 9.59 Å². The van der Waals surface area contributed by atoms with Crippen LogP contribution in [0.5, 0.6) is 0 Å². The molecule has 6 heteroatoms. The number of likely N-dealkylation sites (tertiary alicyclic amines) is 1. The lowest BCUT2D eigenvalue weighted by atomic mass is 9.92. The van der Waals surface area contributed by atoms with Crippen molar-refractivity contribution in [3.63, 3.8) is 0 Å². The van der Waals surface area contributed by atoms with Gasteiger partial charge in [0.05, 0.1) is 4.88 Å². The average molecular weight is 398 g/mol. The van der Waals surface area contributed by atoms with Gasteiger partial charge in [0.25, 0.3) is 5.91 Å². The van der Waals surface area contributed by atoms with Crippen LogP contribution in [0.4, 0.5) is 0 Å². The smallest absolute Gasteiger partial charge is 0.262 e. The Morgan fingerprint density at radius 1 is 1.07 bits per heavy atom. The summed E-state index contributed by atoms with van der Waals surface area (Å²) in [6.45, 7) is 3.69. The van der Waals surface area contributed by atoms with Crippen molar-refractivity contribution in [2.45, 2.75) is 25.3 Å². The van der Waals surface area contributed by atoms with Crippen LogP contribution in [0, 0.1) is 11.8 Å². The van der Waals surface area contributed by atoms with Crippen LogP contribution >= 0.6 is 11.3 Å². The van der Waals surface area contributed by atoms with Gasteiger partial charge in [0.15, 0.2) is 0 Å². The third-order valence-corrected chi connectivity index (χ3v) is 6.83. The predicted octanol–water partition coefficient (Wildman–Crippen LogP) is 2.55. The zero-order valence-corrected chi connectivity index (χ0v) is 16.8. The molecule has 2 fully saturated rings. The molecular formula is C22H27N3O2S. The summed E-state index contributed by atoms with van der Waals surface area (Å²) in [4.78, 5) is 28.6. The summed E-state index contributed by atoms with van der Waals surface area (Å²) in [7, 11) is 0. The molecule has 1 unspecified atom stereocenters. The molecule has 4 rings (SSSR count). The maximum Gasteiger partial charge on any atom is 0.262 e. The molecule has 2 N–H and O–H groups in total. The van der Waals surface area contributed by atoms with Gasteiger partial charge in [-0.05, 0) is 54.8 Å². The summed E-state index contributed by atoms with van der Waals surface area (Å²) in [5.74, 6) is 1.22. The molecule has 28 heavy (non-hydrogen) atoms. The molecule has 0 saturated carbocycles. The molecule has 2 aromatic rings. The van der Waals surface area contributed by atoms with Crippen molar-refractivity contribution in [2.75, 3.05) is 26.2 Å². The van der Waals surface area contributed by atoms with Crippen molar-refractivity contribution < 1.29 is 9.59 Å². The molecule has 2 amide bonds. The molecule has 2 aliphatic rings. The Morgan fingerprint density at radius 3 is 2.43 bits per heavy atom. The van der Waals surface area contributed by atoms with Crippen LogP contribution in [0.2, 0.25) is 0 Å². The second-order valence-electron chi connectivity index (χ2n) is 7.77. The molecule has 0 aliphatic carbocycles. The molecule has 2 saturated heterocycles. The van der Waals surface area contributed by atoms with Crippen molar-refractivity contribution in [1.82, 2.24) is 15.5 Å². The van der Waals surface area contributed by atoms with Crippen molar-refractivity contribution in [3.05, 3.63) is 58.3 Å². The Hall–Kier alpha value is -2.18. The third-order valence-electron chi connectivity index (χ3n) is 5.96. The number of benzene rings is 1. The number of amides is 2. The SMILES string of the molecule is O=C(NC(Cc1ccccc1)C(=O)N1CC[C@@H]2CNC[C@@H]2CC1)c1cccs1. The number of nitrogens with zero attached hydrogens (tertiary/aromatic N) is 1. The van der Waals surface area contributed by atoms with E-state index in [-0.39, 0.29) is 11.8 Å². The van der Waals surface area contributed by atoms with Gasteiger partial charge < -0.3 is 15.5 Å². The van der Waals surface area contributed by atoms with Crippen molar-refractivity contribution in [2.24, 2.45) is 11.8 Å². The lowest BCUT2D eigenvalue weighted by Gasteiger charge is -2.27. The van der Waals surface area contributed by atoms with E-state index in [0.717, 1.165) is 44.6 Å². The first-order valence-electron chi connectivity index (χ1n) is 10.1. The number of hydrogen-bond acceptors (Lipinski definition) is 4. The van der Waals surface area contributed by atoms with E-state index < -0.39 is 6.04 Å². The highest BCUT2D eigenvalue weighted by Crippen LogP contribution is 2.27. The number of nitrogens with one attached hydrogen (secondary N) is 2. The quantitative estimate of drug-likeness (QED) is 0.815. The maximum absolute atomic E-state index is 13.4. The Bertz CT molecular complexity index is 779. The topological polar surface area (TPSA) is 61.4 Å². The van der Waals surface area contributed by atoms with E-state index in [9.17, 15) is 9.59 Å². The van der Waals surface area contributed by atoms with Gasteiger partial charge >= 0.3 is 0 Å². The molecular weight excluding hydrogens is 370 g/mol. The van der Waals surface area contributed by atoms with Gasteiger partial charge in [0.1, 0.15) is 6.04 Å². The maximum atomic E-state index is 13.4. The Balaban J connectivity index is 1.48. The molecule has 0 radical (unpaired) electrons. The first kappa shape index (κ1) is 19.2. The number of carbonyl (C=O) groups is 2. The summed E-state index contributed by atoms with van der Waals surface area (Å²) in [5, 5.41) is 8.36. The molecule has 2 aliphatic heterocycles. The predicted molar refractivity (Wildman–Crippen MR) is 111 cm³/mol. The number of thiophene rings is 1. The Labute approximate surface area is 170 Å². The van der Waals surface area contributed by atoms with Crippen molar-refractivity contribution >= 4 is 23.2 Å². The largest absolute Gasteiger partial charge is 0.341 e. The lowest BCUT2D eigenvalue weighted by molar-refractivity contribution is -0.133. The van der Waals surface area contributed by atoms with Gasteiger partial charge in [0, 0.05) is 19.5 Å². The van der Waals surface area contributed by atoms with Gasteiger partial charge in [-0.25, -0.2) is 0 Å². The van der Waals surface area contributed by atoms with E-state index >= 15 is 0 Å². The van der Waals surface area contributed by atoms with Crippen LogP contribution < -0.4 is 10.6 Å². The van der Waals surface area contributed by atoms with Crippen molar-refractivity contribution in [1.29, 1.82) is 0 Å². The molecule has 148 valence electrons. The van der Waals surface area contributed by atoms with E-state index in [2.05, 4.69) is 10.6 Å². The number of carbonyl (C=O) groups excluding carboxylic acids is 2. The summed E-state index contributed by atoms with van der Waals surface area (Å²) in [6.07, 6.45) is 2.60. The second-order valence-corrected chi connectivity index (χ2v) is 8.72. The van der Waals surface area contributed by atoms with Gasteiger partial charge in [-0.2, -0.15) is 0 Å². The zero-order valence-electron chi connectivity index (χ0n) is 16.0. The summed E-state index contributed by atoms with van der Waals surface area (Å²) >= 11 is 1.40. The summed E-state index contributed by atoms with van der Waals surface area (Å²) in [6, 6.07) is 13.0. The standard InChI is InChI=1S/C22H27N3O2S/c26-21(20-7-4-12-28-20)24-19(13-16-5-2-1-3-6-16)22(27)25-10-8-17-14-23-15-18(17)9-11-25/h1-7,12,17-19,23H,8-11,13-15H2,(H,24,26)/t17-,18+,19?. The Morgan fingerprint density at radius 2 is 1.79 bits per heavy atom. The molecule has 1 aromatic carbocycles. The van der Waals surface area contributed by atoms with E-state index in [4.69, 9.17) is 0 Å². The fourth-order valence-corrected chi connectivity index (χ4v) is 4.97. The second kappa shape index (κ2) is 8.88. The summed E-state index contributed by atoms with van der Waals surface area (Å²) in [5.41, 5.74) is 1.06. The zero-order chi connectivity index (χ0) is 19.3. The minimum atomic E-state index is -0.534. The molecule has 0 bridgehead atoms. The van der Waals surface area contributed by atoms with Crippen LogP contribution in [-0.4, -0.2) is 48.9 Å². The van der Waals surface area contributed by atoms with E-state index in [1.165, 1.54) is 11.3 Å². The number of hydrogen-bond donors (Lipinski definition) is 2. The van der Waals surface area contributed by atoms with Crippen LogP contribution in [0.25, 0.3) is 0 Å². The fraction of sp³-hybridized carbons (Fsp3) is 0.455. The summed E-state index contributed by atoms with van der Waals surface area (Å²) < 4.78 is 0. The van der Waals surface area contributed by atoms with E-state index in [1.54, 1.807) is 6.07 Å². The number of rotatable bonds is 5. The monoisotopic (exact) mass is 397 g/mol. The third kappa shape index (κ3) is 4.45. The average Bonchev–Trinajstić information content (AvgIpc) is 3.37. The van der Waals surface area contributed by atoms with Crippen LogP contribution in [0.15, 0.2) is 47.8 Å². The molecule has 3 heterocycles.